The van der Waals surface area contributed by atoms with Crippen LogP contribution >= 0.6 is 0 Å². The summed E-state index contributed by atoms with van der Waals surface area (Å²) in [5.74, 6) is 1.93. The maximum atomic E-state index is 13.7. The topological polar surface area (TPSA) is 85.0 Å². The number of pyridine rings is 1. The molecular weight excluding hydrogens is 440 g/mol. The van der Waals surface area contributed by atoms with Gasteiger partial charge in [0.25, 0.3) is 12.3 Å². The van der Waals surface area contributed by atoms with Crippen molar-refractivity contribution in [1.29, 1.82) is 0 Å². The number of rotatable bonds is 8. The standard InChI is InChI=1S/C25H31F2N5O2/c1-4-28-22-12-17(9-10-29-22)21-11-18(14-34-21)25(33)30-20-13-32(31-23(20)24(26)27)19-7-5-16(6-8-19)15(2)3/h9-16,19,24H,4-8H2,1-3H3,(H,28,29)(H,30,33). The van der Waals surface area contributed by atoms with Crippen LogP contribution in [-0.4, -0.2) is 27.2 Å². The molecule has 1 fully saturated rings. The third kappa shape index (κ3) is 5.29. The normalized spacial score (nSPS) is 18.4. The zero-order valence-electron chi connectivity index (χ0n) is 19.7. The number of nitrogens with one attached hydrogen (secondary N) is 2. The summed E-state index contributed by atoms with van der Waals surface area (Å²) in [6.45, 7) is 7.13. The number of nitrogens with zero attached hydrogens (tertiary/aromatic N) is 3. The fourth-order valence-corrected chi connectivity index (χ4v) is 4.55. The molecule has 0 aromatic carbocycles. The van der Waals surface area contributed by atoms with Crippen LogP contribution in [0.3, 0.4) is 0 Å². The quantitative estimate of drug-likeness (QED) is 0.389. The SMILES string of the molecule is CCNc1cc(-c2cc(C(=O)Nc3cn(C4CCC(C(C)C)CC4)nc3C(F)F)co2)ccn1. The van der Waals surface area contributed by atoms with Crippen molar-refractivity contribution in [3.8, 4) is 11.3 Å². The van der Waals surface area contributed by atoms with E-state index in [2.05, 4.69) is 34.6 Å². The summed E-state index contributed by atoms with van der Waals surface area (Å²) >= 11 is 0. The van der Waals surface area contributed by atoms with Crippen LogP contribution < -0.4 is 10.6 Å². The number of hydrogen-bond acceptors (Lipinski definition) is 5. The predicted molar refractivity (Wildman–Crippen MR) is 127 cm³/mol. The van der Waals surface area contributed by atoms with E-state index >= 15 is 0 Å². The Morgan fingerprint density at radius 1 is 1.24 bits per heavy atom. The second-order valence-electron chi connectivity index (χ2n) is 9.14. The highest BCUT2D eigenvalue weighted by molar-refractivity contribution is 6.04. The van der Waals surface area contributed by atoms with Gasteiger partial charge >= 0.3 is 0 Å². The molecular formula is C25H31F2N5O2. The zero-order valence-corrected chi connectivity index (χ0v) is 19.7. The van der Waals surface area contributed by atoms with Gasteiger partial charge in [0.15, 0.2) is 5.69 Å². The zero-order chi connectivity index (χ0) is 24.2. The first-order valence-electron chi connectivity index (χ1n) is 11.8. The molecule has 4 rings (SSSR count). The lowest BCUT2D eigenvalue weighted by molar-refractivity contribution is 0.102. The number of amides is 1. The predicted octanol–water partition coefficient (Wildman–Crippen LogP) is 6.55. The van der Waals surface area contributed by atoms with Gasteiger partial charge < -0.3 is 15.1 Å². The van der Waals surface area contributed by atoms with Gasteiger partial charge in [-0.05, 0) is 62.6 Å². The minimum atomic E-state index is -2.79. The molecule has 182 valence electrons. The van der Waals surface area contributed by atoms with Gasteiger partial charge in [-0.1, -0.05) is 13.8 Å². The van der Waals surface area contributed by atoms with Gasteiger partial charge in [-0.25, -0.2) is 13.8 Å². The van der Waals surface area contributed by atoms with E-state index in [0.717, 1.165) is 37.8 Å². The third-order valence-electron chi connectivity index (χ3n) is 6.54. The Bertz CT molecular complexity index is 1120. The molecule has 7 nitrogen and oxygen atoms in total. The van der Waals surface area contributed by atoms with Crippen molar-refractivity contribution in [3.63, 3.8) is 0 Å². The van der Waals surface area contributed by atoms with E-state index in [0.29, 0.717) is 23.4 Å². The Morgan fingerprint density at radius 2 is 2.00 bits per heavy atom. The number of furan rings is 1. The number of anilines is 2. The van der Waals surface area contributed by atoms with Crippen molar-refractivity contribution >= 4 is 17.4 Å². The first-order valence-corrected chi connectivity index (χ1v) is 11.8. The van der Waals surface area contributed by atoms with Crippen LogP contribution in [0.25, 0.3) is 11.3 Å². The molecule has 34 heavy (non-hydrogen) atoms. The molecule has 1 aliphatic rings. The fourth-order valence-electron chi connectivity index (χ4n) is 4.55. The average molecular weight is 472 g/mol. The summed E-state index contributed by atoms with van der Waals surface area (Å²) in [5.41, 5.74) is 0.616. The van der Waals surface area contributed by atoms with E-state index in [1.165, 1.54) is 12.5 Å². The average Bonchev–Trinajstić information content (AvgIpc) is 3.48. The van der Waals surface area contributed by atoms with Gasteiger partial charge in [-0.15, -0.1) is 0 Å². The van der Waals surface area contributed by atoms with Crippen LogP contribution in [0.5, 0.6) is 0 Å². The second kappa shape index (κ2) is 10.4. The number of carbonyl (C=O) groups excluding carboxylic acids is 1. The molecule has 0 spiro atoms. The van der Waals surface area contributed by atoms with Gasteiger partial charge in [0.05, 0.1) is 17.3 Å². The van der Waals surface area contributed by atoms with E-state index in [4.69, 9.17) is 4.42 Å². The minimum absolute atomic E-state index is 0.0343. The lowest BCUT2D eigenvalue weighted by Crippen LogP contribution is -2.21. The maximum absolute atomic E-state index is 13.7. The molecule has 0 saturated heterocycles. The smallest absolute Gasteiger partial charge is 0.284 e. The number of carbonyl (C=O) groups is 1. The summed E-state index contributed by atoms with van der Waals surface area (Å²) in [4.78, 5) is 17.0. The largest absolute Gasteiger partial charge is 0.464 e. The third-order valence-corrected chi connectivity index (χ3v) is 6.54. The summed E-state index contributed by atoms with van der Waals surface area (Å²) in [6, 6.07) is 5.24. The van der Waals surface area contributed by atoms with E-state index in [1.807, 2.05) is 13.0 Å². The Labute approximate surface area is 197 Å². The Kier molecular flexibility index (Phi) is 7.29. The first-order chi connectivity index (χ1) is 16.4. The van der Waals surface area contributed by atoms with Crippen LogP contribution in [-0.2, 0) is 0 Å². The van der Waals surface area contributed by atoms with Gasteiger partial charge in [-0.2, -0.15) is 5.10 Å². The molecule has 0 atom stereocenters. The summed E-state index contributed by atoms with van der Waals surface area (Å²) < 4.78 is 34.6. The van der Waals surface area contributed by atoms with Crippen LogP contribution in [0, 0.1) is 11.8 Å². The molecule has 0 unspecified atom stereocenters. The lowest BCUT2D eigenvalue weighted by Gasteiger charge is -2.30. The molecule has 1 saturated carbocycles. The monoisotopic (exact) mass is 471 g/mol. The number of alkyl halides is 2. The summed E-state index contributed by atoms with van der Waals surface area (Å²) in [6.07, 6.45) is 5.60. The van der Waals surface area contributed by atoms with Gasteiger partial charge in [0.1, 0.15) is 17.8 Å². The fraction of sp³-hybridized carbons (Fsp3) is 0.480. The molecule has 0 aliphatic heterocycles. The highest BCUT2D eigenvalue weighted by Crippen LogP contribution is 2.37. The first kappa shape index (κ1) is 23.9. The van der Waals surface area contributed by atoms with Gasteiger partial charge in [0.2, 0.25) is 0 Å². The van der Waals surface area contributed by atoms with Crippen molar-refractivity contribution in [2.75, 3.05) is 17.2 Å². The Balaban J connectivity index is 1.48. The van der Waals surface area contributed by atoms with E-state index in [-0.39, 0.29) is 17.3 Å². The van der Waals surface area contributed by atoms with E-state index in [1.54, 1.807) is 23.0 Å². The Hall–Kier alpha value is -3.23. The van der Waals surface area contributed by atoms with Gasteiger partial charge in [-0.3, -0.25) is 9.48 Å². The molecule has 3 heterocycles. The van der Waals surface area contributed by atoms with Crippen molar-refractivity contribution in [2.24, 2.45) is 11.8 Å². The molecule has 3 aromatic heterocycles. The van der Waals surface area contributed by atoms with Crippen molar-refractivity contribution in [2.45, 2.75) is 58.9 Å². The Morgan fingerprint density at radius 3 is 2.68 bits per heavy atom. The van der Waals surface area contributed by atoms with Crippen molar-refractivity contribution in [3.05, 3.63) is 48.1 Å². The molecule has 0 radical (unpaired) electrons. The highest BCUT2D eigenvalue weighted by Gasteiger charge is 2.28. The molecule has 1 aliphatic carbocycles. The highest BCUT2D eigenvalue weighted by atomic mass is 19.3. The van der Waals surface area contributed by atoms with Crippen molar-refractivity contribution < 1.29 is 18.0 Å². The van der Waals surface area contributed by atoms with E-state index < -0.39 is 18.0 Å². The maximum Gasteiger partial charge on any atom is 0.284 e. The lowest BCUT2D eigenvalue weighted by atomic mass is 9.80. The summed E-state index contributed by atoms with van der Waals surface area (Å²) in [5, 5.41) is 9.87. The molecule has 2 N–H and O–H groups in total. The number of aromatic nitrogens is 3. The molecule has 0 bridgehead atoms. The molecule has 3 aromatic rings. The van der Waals surface area contributed by atoms with Crippen LogP contribution in [0.15, 0.2) is 41.3 Å². The molecule has 1 amide bonds. The van der Waals surface area contributed by atoms with Crippen LogP contribution in [0.2, 0.25) is 0 Å². The second-order valence-corrected chi connectivity index (χ2v) is 9.14. The van der Waals surface area contributed by atoms with Crippen LogP contribution in [0.1, 0.15) is 75.0 Å². The summed E-state index contributed by atoms with van der Waals surface area (Å²) in [7, 11) is 0. The van der Waals surface area contributed by atoms with Gasteiger partial charge in [0, 0.05) is 24.5 Å². The number of halogens is 2. The van der Waals surface area contributed by atoms with Crippen molar-refractivity contribution in [1.82, 2.24) is 14.8 Å². The van der Waals surface area contributed by atoms with E-state index in [9.17, 15) is 13.6 Å². The molecule has 9 heteroatoms. The number of hydrogen-bond donors (Lipinski definition) is 2. The van der Waals surface area contributed by atoms with Crippen LogP contribution in [0.4, 0.5) is 20.3 Å². The minimum Gasteiger partial charge on any atom is -0.464 e.